The van der Waals surface area contributed by atoms with Crippen molar-refractivity contribution in [3.05, 3.63) is 66.1 Å². The van der Waals surface area contributed by atoms with Gasteiger partial charge in [0.2, 0.25) is 10.0 Å². The highest BCUT2D eigenvalue weighted by Crippen LogP contribution is 2.40. The number of anilines is 1. The van der Waals surface area contributed by atoms with Crippen LogP contribution >= 0.6 is 11.3 Å². The van der Waals surface area contributed by atoms with Crippen LogP contribution in [0, 0.1) is 11.8 Å². The molecule has 4 aromatic rings. The molecule has 2 aromatic heterocycles. The lowest BCUT2D eigenvalue weighted by Gasteiger charge is -2.25. The Morgan fingerprint density at radius 3 is 2.12 bits per heavy atom. The van der Waals surface area contributed by atoms with Crippen LogP contribution in [0.2, 0.25) is 0 Å². The molecule has 9 nitrogen and oxygen atoms in total. The lowest BCUT2D eigenvalue weighted by molar-refractivity contribution is 0.0983. The Morgan fingerprint density at radius 2 is 1.57 bits per heavy atom. The van der Waals surface area contributed by atoms with Gasteiger partial charge in [0.25, 0.3) is 5.91 Å². The van der Waals surface area contributed by atoms with Gasteiger partial charge in [-0.25, -0.2) is 13.4 Å². The van der Waals surface area contributed by atoms with Gasteiger partial charge in [0, 0.05) is 18.7 Å². The lowest BCUT2D eigenvalue weighted by atomic mass is 10.2. The molecule has 214 valence electrons. The molecule has 11 heteroatoms. The van der Waals surface area contributed by atoms with Crippen molar-refractivity contribution >= 4 is 42.6 Å². The number of amides is 1. The smallest absolute Gasteiger partial charge is 0.260 e. The van der Waals surface area contributed by atoms with Crippen LogP contribution in [0.3, 0.4) is 0 Å². The van der Waals surface area contributed by atoms with Gasteiger partial charge >= 0.3 is 0 Å². The van der Waals surface area contributed by atoms with E-state index in [1.54, 1.807) is 56.9 Å². The Morgan fingerprint density at radius 1 is 0.950 bits per heavy atom. The first-order chi connectivity index (χ1) is 19.0. The third kappa shape index (κ3) is 6.32. The van der Waals surface area contributed by atoms with Crippen molar-refractivity contribution in [2.24, 2.45) is 11.8 Å². The van der Waals surface area contributed by atoms with Crippen molar-refractivity contribution in [1.82, 2.24) is 9.29 Å². The Labute approximate surface area is 239 Å². The summed E-state index contributed by atoms with van der Waals surface area (Å²) in [6.45, 7) is 8.94. The number of methoxy groups -OCH3 is 2. The summed E-state index contributed by atoms with van der Waals surface area (Å²) in [6.07, 6.45) is 1.54. The van der Waals surface area contributed by atoms with Crippen LogP contribution in [-0.2, 0) is 16.6 Å². The van der Waals surface area contributed by atoms with Crippen molar-refractivity contribution in [3.8, 4) is 11.5 Å². The van der Waals surface area contributed by atoms with Crippen LogP contribution in [0.1, 0.15) is 43.8 Å². The van der Waals surface area contributed by atoms with Crippen LogP contribution in [0.4, 0.5) is 5.13 Å². The van der Waals surface area contributed by atoms with Crippen LogP contribution in [0.15, 0.2) is 64.1 Å². The molecule has 40 heavy (non-hydrogen) atoms. The average molecular weight is 586 g/mol. The highest BCUT2D eigenvalue weighted by Gasteiger charge is 2.28. The largest absolute Gasteiger partial charge is 0.495 e. The highest BCUT2D eigenvalue weighted by atomic mass is 32.2. The molecule has 1 amide bonds. The van der Waals surface area contributed by atoms with Gasteiger partial charge in [-0.1, -0.05) is 39.0 Å². The van der Waals surface area contributed by atoms with Gasteiger partial charge < -0.3 is 13.9 Å². The predicted octanol–water partition coefficient (Wildman–Crippen LogP) is 6.06. The number of carbonyl (C=O) groups is 1. The number of rotatable bonds is 12. The molecule has 2 aromatic carbocycles. The molecule has 0 saturated carbocycles. The monoisotopic (exact) mass is 585 g/mol. The van der Waals surface area contributed by atoms with Gasteiger partial charge in [0.05, 0.1) is 31.9 Å². The number of aromatic nitrogens is 1. The second-order valence-electron chi connectivity index (χ2n) is 10.2. The Kier molecular flexibility index (Phi) is 9.17. The van der Waals surface area contributed by atoms with E-state index in [-0.39, 0.29) is 29.2 Å². The number of sulfonamides is 1. The molecule has 0 aliphatic carbocycles. The maximum absolute atomic E-state index is 13.9. The molecular weight excluding hydrogens is 550 g/mol. The second kappa shape index (κ2) is 12.4. The van der Waals surface area contributed by atoms with E-state index in [2.05, 4.69) is 0 Å². The third-order valence-electron chi connectivity index (χ3n) is 6.15. The fourth-order valence-electron chi connectivity index (χ4n) is 4.33. The molecule has 0 unspecified atom stereocenters. The number of benzene rings is 2. The van der Waals surface area contributed by atoms with Gasteiger partial charge in [-0.2, -0.15) is 4.31 Å². The average Bonchev–Trinajstić information content (AvgIpc) is 3.60. The molecule has 2 heterocycles. The SMILES string of the molecule is COc1ccc(OC)c2sc(N(Cc3ccco3)C(=O)c3ccc(S(=O)(=O)N(CC(C)C)CC(C)C)cc3)nc12. The maximum Gasteiger partial charge on any atom is 0.260 e. The van der Waals surface area contributed by atoms with Gasteiger partial charge in [-0.3, -0.25) is 9.69 Å². The zero-order valence-corrected chi connectivity index (χ0v) is 25.2. The molecular formula is C29H35N3O6S2. The number of fused-ring (bicyclic) bond motifs is 1. The van der Waals surface area contributed by atoms with E-state index < -0.39 is 10.0 Å². The minimum atomic E-state index is -3.72. The number of furan rings is 1. The van der Waals surface area contributed by atoms with E-state index in [4.69, 9.17) is 18.9 Å². The molecule has 0 aliphatic heterocycles. The molecule has 0 radical (unpaired) electrons. The summed E-state index contributed by atoms with van der Waals surface area (Å²) in [5, 5.41) is 0.427. The summed E-state index contributed by atoms with van der Waals surface area (Å²) in [4.78, 5) is 20.3. The fourth-order valence-corrected chi connectivity index (χ4v) is 7.17. The first-order valence-electron chi connectivity index (χ1n) is 13.0. The van der Waals surface area contributed by atoms with Crippen molar-refractivity contribution in [3.63, 3.8) is 0 Å². The Hall–Kier alpha value is -3.41. The number of thiazole rings is 1. The summed E-state index contributed by atoms with van der Waals surface area (Å²) < 4.78 is 45.7. The van der Waals surface area contributed by atoms with Crippen molar-refractivity contribution in [2.75, 3.05) is 32.2 Å². The number of hydrogen-bond acceptors (Lipinski definition) is 8. The van der Waals surface area contributed by atoms with E-state index in [0.717, 1.165) is 4.70 Å². The quantitative estimate of drug-likeness (QED) is 0.199. The van der Waals surface area contributed by atoms with Crippen LogP contribution < -0.4 is 14.4 Å². The topological polar surface area (TPSA) is 102 Å². The maximum atomic E-state index is 13.9. The molecule has 0 N–H and O–H groups in total. The van der Waals surface area contributed by atoms with Crippen molar-refractivity contribution < 1.29 is 27.1 Å². The van der Waals surface area contributed by atoms with Gasteiger partial charge in [0.1, 0.15) is 27.5 Å². The van der Waals surface area contributed by atoms with Gasteiger partial charge in [-0.05, 0) is 60.4 Å². The van der Waals surface area contributed by atoms with Crippen LogP contribution in [0.5, 0.6) is 11.5 Å². The van der Waals surface area contributed by atoms with E-state index in [1.807, 2.05) is 27.7 Å². The molecule has 0 fully saturated rings. The summed E-state index contributed by atoms with van der Waals surface area (Å²) in [6, 6.07) is 13.2. The second-order valence-corrected chi connectivity index (χ2v) is 13.2. The van der Waals surface area contributed by atoms with E-state index in [9.17, 15) is 13.2 Å². The van der Waals surface area contributed by atoms with Crippen molar-refractivity contribution in [1.29, 1.82) is 0 Å². The number of carbonyl (C=O) groups excluding carboxylic acids is 1. The van der Waals surface area contributed by atoms with Crippen LogP contribution in [-0.4, -0.2) is 50.9 Å². The zero-order valence-electron chi connectivity index (χ0n) is 23.6. The Bertz CT molecular complexity index is 1490. The summed E-state index contributed by atoms with van der Waals surface area (Å²) in [7, 11) is -0.589. The number of nitrogens with zero attached hydrogens (tertiary/aromatic N) is 3. The minimum absolute atomic E-state index is 0.132. The van der Waals surface area contributed by atoms with E-state index in [1.165, 1.54) is 32.7 Å². The van der Waals surface area contributed by atoms with Gasteiger partial charge in [-0.15, -0.1) is 0 Å². The summed E-state index contributed by atoms with van der Waals surface area (Å²) in [5.41, 5.74) is 0.902. The normalized spacial score (nSPS) is 12.0. The molecule has 0 aliphatic rings. The van der Waals surface area contributed by atoms with Crippen molar-refractivity contribution in [2.45, 2.75) is 39.1 Å². The lowest BCUT2D eigenvalue weighted by Crippen LogP contribution is -2.37. The molecule has 0 spiro atoms. The summed E-state index contributed by atoms with van der Waals surface area (Å²) >= 11 is 1.30. The predicted molar refractivity (Wildman–Crippen MR) is 157 cm³/mol. The van der Waals surface area contributed by atoms with Crippen LogP contribution in [0.25, 0.3) is 10.2 Å². The molecule has 0 bridgehead atoms. The highest BCUT2D eigenvalue weighted by molar-refractivity contribution is 7.89. The first kappa shape index (κ1) is 29.6. The number of hydrogen-bond donors (Lipinski definition) is 0. The fraction of sp³-hybridized carbons (Fsp3) is 0.379. The molecule has 4 rings (SSSR count). The van der Waals surface area contributed by atoms with E-state index in [0.29, 0.717) is 46.6 Å². The number of ether oxygens (including phenoxy) is 2. The molecule has 0 atom stereocenters. The molecule has 0 saturated heterocycles. The minimum Gasteiger partial charge on any atom is -0.495 e. The first-order valence-corrected chi connectivity index (χ1v) is 15.3. The van der Waals surface area contributed by atoms with E-state index >= 15 is 0 Å². The third-order valence-corrected chi connectivity index (χ3v) is 9.08. The van der Waals surface area contributed by atoms with Gasteiger partial charge in [0.15, 0.2) is 5.13 Å². The summed E-state index contributed by atoms with van der Waals surface area (Å²) in [5.74, 6) is 1.76. The zero-order chi connectivity index (χ0) is 29.0. The Balaban J connectivity index is 1.71. The standard InChI is InChI=1S/C29H35N3O6S2/c1-19(2)16-31(17-20(3)4)40(34,35)23-11-9-21(10-12-23)28(33)32(18-22-8-7-15-38-22)29-30-26-24(36-5)13-14-25(37-6)27(26)39-29/h7-15,19-20H,16-18H2,1-6H3.